The van der Waals surface area contributed by atoms with Crippen LogP contribution in [0.15, 0.2) is 42.5 Å². The molecular formula is C25H30F3N3O2. The number of nitrogens with one attached hydrogen (secondary N) is 1. The van der Waals surface area contributed by atoms with E-state index < -0.39 is 6.36 Å². The first-order valence-corrected chi connectivity index (χ1v) is 11.3. The van der Waals surface area contributed by atoms with Gasteiger partial charge in [-0.1, -0.05) is 20.8 Å². The second-order valence-corrected chi connectivity index (χ2v) is 9.65. The molecule has 1 saturated carbocycles. The van der Waals surface area contributed by atoms with Crippen molar-refractivity contribution < 1.29 is 22.6 Å². The van der Waals surface area contributed by atoms with E-state index >= 15 is 0 Å². The van der Waals surface area contributed by atoms with Crippen molar-refractivity contribution in [1.29, 1.82) is 0 Å². The van der Waals surface area contributed by atoms with Crippen LogP contribution in [-0.2, 0) is 0 Å². The highest BCUT2D eigenvalue weighted by Crippen LogP contribution is 2.46. The molecule has 1 aliphatic carbocycles. The second-order valence-electron chi connectivity index (χ2n) is 9.65. The largest absolute Gasteiger partial charge is 0.573 e. The number of aromatic nitrogens is 2. The molecule has 0 bridgehead atoms. The Balaban J connectivity index is 1.72. The number of hydrogen-bond donors (Lipinski definition) is 1. The fourth-order valence-corrected chi connectivity index (χ4v) is 5.15. The van der Waals surface area contributed by atoms with Crippen molar-refractivity contribution >= 4 is 22.7 Å². The molecule has 1 fully saturated rings. The molecular weight excluding hydrogens is 431 g/mol. The van der Waals surface area contributed by atoms with Crippen molar-refractivity contribution in [1.82, 2.24) is 9.55 Å². The van der Waals surface area contributed by atoms with Gasteiger partial charge in [-0.2, -0.15) is 0 Å². The Morgan fingerprint density at radius 2 is 1.79 bits per heavy atom. The maximum absolute atomic E-state index is 12.5. The lowest BCUT2D eigenvalue weighted by Gasteiger charge is -2.40. The molecule has 2 atom stereocenters. The van der Waals surface area contributed by atoms with Crippen LogP contribution in [0, 0.1) is 11.3 Å². The quantitative estimate of drug-likeness (QED) is 0.414. The van der Waals surface area contributed by atoms with Gasteiger partial charge in [-0.3, -0.25) is 0 Å². The molecule has 0 spiro atoms. The Kier molecular flexibility index (Phi) is 6.20. The van der Waals surface area contributed by atoms with Gasteiger partial charge in [0.15, 0.2) is 0 Å². The van der Waals surface area contributed by atoms with Gasteiger partial charge >= 0.3 is 6.36 Å². The summed E-state index contributed by atoms with van der Waals surface area (Å²) in [5.74, 6) is 1.76. The highest BCUT2D eigenvalue weighted by molar-refractivity contribution is 5.81. The Bertz CT molecular complexity index is 1110. The Labute approximate surface area is 191 Å². The minimum absolute atomic E-state index is 0.199. The van der Waals surface area contributed by atoms with Crippen LogP contribution in [0.3, 0.4) is 0 Å². The van der Waals surface area contributed by atoms with E-state index in [4.69, 9.17) is 9.72 Å². The van der Waals surface area contributed by atoms with Crippen molar-refractivity contribution in [2.24, 2.45) is 11.3 Å². The van der Waals surface area contributed by atoms with Crippen LogP contribution in [-0.4, -0.2) is 22.5 Å². The molecule has 1 N–H and O–H groups in total. The highest BCUT2D eigenvalue weighted by atomic mass is 19.4. The zero-order valence-electron chi connectivity index (χ0n) is 19.4. The molecule has 8 heteroatoms. The first kappa shape index (κ1) is 23.3. The van der Waals surface area contributed by atoms with Crippen LogP contribution in [0.25, 0.3) is 11.0 Å². The lowest BCUT2D eigenvalue weighted by molar-refractivity contribution is -0.274. The topological polar surface area (TPSA) is 48.3 Å². The Morgan fingerprint density at radius 1 is 1.09 bits per heavy atom. The van der Waals surface area contributed by atoms with Gasteiger partial charge < -0.3 is 19.4 Å². The zero-order chi connectivity index (χ0) is 23.8. The molecule has 2 aromatic carbocycles. The third-order valence-electron chi connectivity index (χ3n) is 6.04. The average molecular weight is 462 g/mol. The molecule has 1 aliphatic rings. The summed E-state index contributed by atoms with van der Waals surface area (Å²) in [6.45, 7) is 9.40. The van der Waals surface area contributed by atoms with E-state index in [1.54, 1.807) is 12.1 Å². The van der Waals surface area contributed by atoms with Gasteiger partial charge in [0.25, 0.3) is 0 Å². The molecule has 3 aromatic rings. The van der Waals surface area contributed by atoms with E-state index in [-0.39, 0.29) is 17.2 Å². The summed E-state index contributed by atoms with van der Waals surface area (Å²) in [6, 6.07) is 11.8. The van der Waals surface area contributed by atoms with Gasteiger partial charge in [-0.05, 0) is 73.9 Å². The molecule has 0 aliphatic heterocycles. The third-order valence-corrected chi connectivity index (χ3v) is 6.04. The standard InChI is InChI=1S/C25H30F3N3O2/c1-5-32-20-10-11-21-22(13-20)31(18-12-16(2)14-24(3,4)15-18)23(30-21)29-17-6-8-19(9-7-17)33-25(26,27)28/h6-11,13,16,18H,5,12,14-15H2,1-4H3,(H,29,30)/t16-,18+/m0/s1. The van der Waals surface area contributed by atoms with Crippen molar-refractivity contribution in [3.63, 3.8) is 0 Å². The molecule has 0 saturated heterocycles. The maximum atomic E-state index is 12.5. The molecule has 0 radical (unpaired) electrons. The summed E-state index contributed by atoms with van der Waals surface area (Å²) in [4.78, 5) is 4.82. The minimum atomic E-state index is -4.72. The van der Waals surface area contributed by atoms with Crippen LogP contribution in [0.1, 0.15) is 53.0 Å². The number of rotatable bonds is 6. The molecule has 1 heterocycles. The van der Waals surface area contributed by atoms with Crippen LogP contribution in [0.4, 0.5) is 24.8 Å². The number of benzene rings is 2. The molecule has 0 amide bonds. The predicted molar refractivity (Wildman–Crippen MR) is 123 cm³/mol. The number of halogens is 3. The molecule has 5 nitrogen and oxygen atoms in total. The summed E-state index contributed by atoms with van der Waals surface area (Å²) < 4.78 is 49.4. The summed E-state index contributed by atoms with van der Waals surface area (Å²) in [7, 11) is 0. The first-order chi connectivity index (χ1) is 15.5. The van der Waals surface area contributed by atoms with Gasteiger partial charge in [0.1, 0.15) is 11.5 Å². The average Bonchev–Trinajstić information content (AvgIpc) is 3.04. The molecule has 4 rings (SSSR count). The summed E-state index contributed by atoms with van der Waals surface area (Å²) in [6.07, 6.45) is -1.51. The van der Waals surface area contributed by atoms with E-state index in [0.717, 1.165) is 29.6 Å². The molecule has 1 aromatic heterocycles. The number of anilines is 2. The van der Waals surface area contributed by atoms with Crippen LogP contribution >= 0.6 is 0 Å². The normalized spacial score (nSPS) is 20.6. The van der Waals surface area contributed by atoms with Gasteiger partial charge in [-0.25, -0.2) is 4.98 Å². The van der Waals surface area contributed by atoms with Crippen LogP contribution in [0.2, 0.25) is 0 Å². The van der Waals surface area contributed by atoms with Crippen LogP contribution < -0.4 is 14.8 Å². The third kappa shape index (κ3) is 5.54. The zero-order valence-corrected chi connectivity index (χ0v) is 19.4. The summed E-state index contributed by atoms with van der Waals surface area (Å²) in [5.41, 5.74) is 2.66. The first-order valence-electron chi connectivity index (χ1n) is 11.3. The maximum Gasteiger partial charge on any atom is 0.573 e. The number of hydrogen-bond acceptors (Lipinski definition) is 4. The smallest absolute Gasteiger partial charge is 0.494 e. The molecule has 0 unspecified atom stereocenters. The SMILES string of the molecule is CCOc1ccc2nc(Nc3ccc(OC(F)(F)F)cc3)n([C@@H]3C[C@H](C)CC(C)(C)C3)c2c1. The van der Waals surface area contributed by atoms with Gasteiger partial charge in [0, 0.05) is 17.8 Å². The van der Waals surface area contributed by atoms with Crippen molar-refractivity contribution in [3.05, 3.63) is 42.5 Å². The highest BCUT2D eigenvalue weighted by Gasteiger charge is 2.35. The van der Waals surface area contributed by atoms with E-state index in [1.807, 2.05) is 25.1 Å². The van der Waals surface area contributed by atoms with Crippen molar-refractivity contribution in [3.8, 4) is 11.5 Å². The monoisotopic (exact) mass is 461 g/mol. The van der Waals surface area contributed by atoms with Gasteiger partial charge in [-0.15, -0.1) is 13.2 Å². The fourth-order valence-electron chi connectivity index (χ4n) is 5.15. The van der Waals surface area contributed by atoms with Crippen molar-refractivity contribution in [2.75, 3.05) is 11.9 Å². The van der Waals surface area contributed by atoms with E-state index in [9.17, 15) is 13.2 Å². The van der Waals surface area contributed by atoms with E-state index in [1.165, 1.54) is 18.6 Å². The van der Waals surface area contributed by atoms with E-state index in [0.29, 0.717) is 24.2 Å². The fraction of sp³-hybridized carbons (Fsp3) is 0.480. The number of imidazole rings is 1. The number of fused-ring (bicyclic) bond motifs is 1. The Morgan fingerprint density at radius 3 is 2.42 bits per heavy atom. The van der Waals surface area contributed by atoms with Crippen LogP contribution in [0.5, 0.6) is 11.5 Å². The lowest BCUT2D eigenvalue weighted by atomic mass is 9.70. The van der Waals surface area contributed by atoms with E-state index in [2.05, 4.69) is 35.4 Å². The molecule has 33 heavy (non-hydrogen) atoms. The number of ether oxygens (including phenoxy) is 2. The minimum Gasteiger partial charge on any atom is -0.494 e. The summed E-state index contributed by atoms with van der Waals surface area (Å²) >= 11 is 0. The summed E-state index contributed by atoms with van der Waals surface area (Å²) in [5, 5.41) is 3.32. The second kappa shape index (κ2) is 8.80. The van der Waals surface area contributed by atoms with Gasteiger partial charge in [0.2, 0.25) is 5.95 Å². The van der Waals surface area contributed by atoms with Crippen molar-refractivity contribution in [2.45, 2.75) is 59.4 Å². The number of nitrogens with zero attached hydrogens (tertiary/aromatic N) is 2. The number of alkyl halides is 3. The predicted octanol–water partition coefficient (Wildman–Crippen LogP) is 7.46. The van der Waals surface area contributed by atoms with Gasteiger partial charge in [0.05, 0.1) is 17.6 Å². The lowest BCUT2D eigenvalue weighted by Crippen LogP contribution is -2.29. The Hall–Kier alpha value is -2.90. The molecule has 178 valence electrons.